The fourth-order valence-electron chi connectivity index (χ4n) is 2.26. The maximum Gasteiger partial charge on any atom is 0.330 e. The highest BCUT2D eigenvalue weighted by atomic mass is 19.3. The molecule has 0 aromatic rings. The molecule has 1 rings (SSSR count). The summed E-state index contributed by atoms with van der Waals surface area (Å²) in [6.45, 7) is 1.71. The van der Waals surface area contributed by atoms with Gasteiger partial charge >= 0.3 is 5.92 Å². The number of hydrogen-bond acceptors (Lipinski definition) is 2. The van der Waals surface area contributed by atoms with Gasteiger partial charge in [-0.1, -0.05) is 32.6 Å². The molecule has 16 heavy (non-hydrogen) atoms. The average Bonchev–Trinajstić information content (AvgIpc) is 2.29. The molecule has 1 aliphatic rings. The molecule has 0 bridgehead atoms. The van der Waals surface area contributed by atoms with Gasteiger partial charge in [0.2, 0.25) is 5.78 Å². The van der Waals surface area contributed by atoms with E-state index in [1.165, 1.54) is 0 Å². The summed E-state index contributed by atoms with van der Waals surface area (Å²) < 4.78 is 27.2. The highest BCUT2D eigenvalue weighted by Crippen LogP contribution is 2.33. The molecule has 1 aliphatic carbocycles. The Kier molecular flexibility index (Phi) is 4.84. The van der Waals surface area contributed by atoms with Gasteiger partial charge in [0.25, 0.3) is 0 Å². The summed E-state index contributed by atoms with van der Waals surface area (Å²) in [4.78, 5) is 11.6. The Balaban J connectivity index is 2.62. The van der Waals surface area contributed by atoms with Crippen molar-refractivity contribution in [2.75, 3.05) is 0 Å². The molecule has 0 aromatic carbocycles. The third-order valence-electron chi connectivity index (χ3n) is 3.29. The first-order valence-electron chi connectivity index (χ1n) is 6.10. The summed E-state index contributed by atoms with van der Waals surface area (Å²) in [6.07, 6.45) is 2.42. The third-order valence-corrected chi connectivity index (χ3v) is 3.29. The van der Waals surface area contributed by atoms with E-state index in [0.29, 0.717) is 19.3 Å². The second kappa shape index (κ2) is 5.71. The first-order chi connectivity index (χ1) is 7.50. The fourth-order valence-corrected chi connectivity index (χ4v) is 2.26. The van der Waals surface area contributed by atoms with Crippen LogP contribution in [-0.4, -0.2) is 22.9 Å². The summed E-state index contributed by atoms with van der Waals surface area (Å²) in [5.41, 5.74) is 0. The summed E-state index contributed by atoms with van der Waals surface area (Å²) in [5.74, 6) is -5.15. The lowest BCUT2D eigenvalue weighted by Crippen LogP contribution is -2.45. The zero-order chi connectivity index (χ0) is 12.2. The van der Waals surface area contributed by atoms with Crippen LogP contribution < -0.4 is 0 Å². The minimum atomic E-state index is -3.56. The number of ketones is 1. The Morgan fingerprint density at radius 1 is 1.38 bits per heavy atom. The lowest BCUT2D eigenvalue weighted by Gasteiger charge is -2.27. The summed E-state index contributed by atoms with van der Waals surface area (Å²) in [7, 11) is 0. The van der Waals surface area contributed by atoms with Crippen molar-refractivity contribution in [2.24, 2.45) is 5.92 Å². The van der Waals surface area contributed by atoms with E-state index < -0.39 is 23.7 Å². The molecular formula is C12H20F2O2. The Morgan fingerprint density at radius 2 is 1.94 bits per heavy atom. The molecule has 1 saturated carbocycles. The Bertz CT molecular complexity index is 235. The van der Waals surface area contributed by atoms with E-state index in [9.17, 15) is 18.7 Å². The van der Waals surface area contributed by atoms with E-state index in [1.54, 1.807) is 6.92 Å². The van der Waals surface area contributed by atoms with Crippen molar-refractivity contribution < 1.29 is 18.7 Å². The molecule has 0 spiro atoms. The highest BCUT2D eigenvalue weighted by Gasteiger charge is 2.48. The van der Waals surface area contributed by atoms with Gasteiger partial charge in [-0.05, 0) is 19.3 Å². The number of aliphatic hydroxyl groups excluding tert-OH is 1. The van der Waals surface area contributed by atoms with Crippen LogP contribution in [-0.2, 0) is 4.79 Å². The van der Waals surface area contributed by atoms with Gasteiger partial charge in [0.15, 0.2) is 0 Å². The van der Waals surface area contributed by atoms with Gasteiger partial charge in [-0.25, -0.2) is 0 Å². The molecule has 0 heterocycles. The van der Waals surface area contributed by atoms with Gasteiger partial charge in [-0.15, -0.1) is 0 Å². The lowest BCUT2D eigenvalue weighted by molar-refractivity contribution is -0.166. The van der Waals surface area contributed by atoms with Crippen LogP contribution in [0.5, 0.6) is 0 Å². The van der Waals surface area contributed by atoms with E-state index >= 15 is 0 Å². The monoisotopic (exact) mass is 234 g/mol. The zero-order valence-corrected chi connectivity index (χ0v) is 9.72. The molecule has 1 fully saturated rings. The van der Waals surface area contributed by atoms with Gasteiger partial charge < -0.3 is 5.11 Å². The summed E-state index contributed by atoms with van der Waals surface area (Å²) in [5, 5.41) is 9.31. The molecule has 0 amide bonds. The van der Waals surface area contributed by atoms with E-state index in [4.69, 9.17) is 0 Å². The number of aliphatic hydroxyl groups is 1. The van der Waals surface area contributed by atoms with Gasteiger partial charge in [0.05, 0.1) is 0 Å². The first-order valence-corrected chi connectivity index (χ1v) is 6.10. The maximum absolute atomic E-state index is 13.6. The van der Waals surface area contributed by atoms with E-state index in [1.807, 2.05) is 0 Å². The second-order valence-electron chi connectivity index (χ2n) is 4.63. The molecule has 0 saturated heterocycles. The predicted octanol–water partition coefficient (Wildman–Crippen LogP) is 2.93. The molecule has 94 valence electrons. The van der Waals surface area contributed by atoms with Crippen LogP contribution in [0.15, 0.2) is 0 Å². The molecule has 0 radical (unpaired) electrons. The Morgan fingerprint density at radius 3 is 2.44 bits per heavy atom. The molecule has 4 heteroatoms. The molecule has 1 atom stereocenters. The third kappa shape index (κ3) is 3.00. The normalized spacial score (nSPS) is 20.8. The van der Waals surface area contributed by atoms with Crippen molar-refractivity contribution in [1.29, 1.82) is 0 Å². The van der Waals surface area contributed by atoms with E-state index in [-0.39, 0.29) is 6.42 Å². The molecule has 0 aliphatic heterocycles. The average molecular weight is 234 g/mol. The highest BCUT2D eigenvalue weighted by molar-refractivity contribution is 5.88. The number of carbonyl (C=O) groups is 1. The molecular weight excluding hydrogens is 214 g/mol. The number of alkyl halides is 2. The Labute approximate surface area is 95.0 Å². The number of Topliss-reactive ketones (excluding diaryl/α,β-unsaturated/α-hetero) is 1. The SMILES string of the molecule is CCCC(O)C(F)(F)C(=O)C1CCCCC1. The molecule has 1 unspecified atom stereocenters. The molecule has 0 aromatic heterocycles. The van der Waals surface area contributed by atoms with Crippen LogP contribution in [0.3, 0.4) is 0 Å². The maximum atomic E-state index is 13.6. The van der Waals surface area contributed by atoms with Crippen molar-refractivity contribution in [2.45, 2.75) is 63.9 Å². The molecule has 2 nitrogen and oxygen atoms in total. The van der Waals surface area contributed by atoms with Crippen LogP contribution in [0, 0.1) is 5.92 Å². The fraction of sp³-hybridized carbons (Fsp3) is 0.917. The number of hydrogen-bond donors (Lipinski definition) is 1. The number of carbonyl (C=O) groups excluding carboxylic acids is 1. The largest absolute Gasteiger partial charge is 0.386 e. The standard InChI is InChI=1S/C12H20F2O2/c1-2-6-10(15)12(13,14)11(16)9-7-4-3-5-8-9/h9-10,15H,2-8H2,1H3. The van der Waals surface area contributed by atoms with Crippen molar-refractivity contribution in [3.8, 4) is 0 Å². The lowest BCUT2D eigenvalue weighted by atomic mass is 9.82. The van der Waals surface area contributed by atoms with Crippen molar-refractivity contribution in [1.82, 2.24) is 0 Å². The minimum Gasteiger partial charge on any atom is -0.386 e. The number of rotatable bonds is 5. The van der Waals surface area contributed by atoms with Crippen LogP contribution in [0.1, 0.15) is 51.9 Å². The van der Waals surface area contributed by atoms with Gasteiger partial charge in [0.1, 0.15) is 6.10 Å². The van der Waals surface area contributed by atoms with Crippen LogP contribution in [0.25, 0.3) is 0 Å². The van der Waals surface area contributed by atoms with Gasteiger partial charge in [-0.3, -0.25) is 4.79 Å². The van der Waals surface area contributed by atoms with Crippen molar-refractivity contribution >= 4 is 5.78 Å². The summed E-state index contributed by atoms with van der Waals surface area (Å²) in [6, 6.07) is 0. The minimum absolute atomic E-state index is 0.0224. The van der Waals surface area contributed by atoms with Crippen molar-refractivity contribution in [3.05, 3.63) is 0 Å². The first kappa shape index (κ1) is 13.6. The zero-order valence-electron chi connectivity index (χ0n) is 9.72. The van der Waals surface area contributed by atoms with Crippen LogP contribution in [0.4, 0.5) is 8.78 Å². The quantitative estimate of drug-likeness (QED) is 0.794. The van der Waals surface area contributed by atoms with Gasteiger partial charge in [0, 0.05) is 5.92 Å². The van der Waals surface area contributed by atoms with E-state index in [2.05, 4.69) is 0 Å². The smallest absolute Gasteiger partial charge is 0.330 e. The van der Waals surface area contributed by atoms with Crippen LogP contribution in [0.2, 0.25) is 0 Å². The predicted molar refractivity (Wildman–Crippen MR) is 57.4 cm³/mol. The summed E-state index contributed by atoms with van der Waals surface area (Å²) >= 11 is 0. The topological polar surface area (TPSA) is 37.3 Å². The van der Waals surface area contributed by atoms with Crippen LogP contribution >= 0.6 is 0 Å². The molecule has 1 N–H and O–H groups in total. The second-order valence-corrected chi connectivity index (χ2v) is 4.63. The Hall–Kier alpha value is -0.510. The van der Waals surface area contributed by atoms with E-state index in [0.717, 1.165) is 19.3 Å². The van der Waals surface area contributed by atoms with Gasteiger partial charge in [-0.2, -0.15) is 8.78 Å². The number of halogens is 2. The van der Waals surface area contributed by atoms with Crippen molar-refractivity contribution in [3.63, 3.8) is 0 Å².